The molecule has 0 radical (unpaired) electrons. The zero-order valence-corrected chi connectivity index (χ0v) is 7.22. The highest BCUT2D eigenvalue weighted by molar-refractivity contribution is 5.04. The zero-order valence-electron chi connectivity index (χ0n) is 7.22. The first kappa shape index (κ1) is 9.70. The quantitative estimate of drug-likeness (QED) is 0.597. The van der Waals surface area contributed by atoms with E-state index in [2.05, 4.69) is 20.8 Å². The molecule has 0 spiro atoms. The van der Waals surface area contributed by atoms with Gasteiger partial charge in [0.25, 0.3) is 0 Å². The fourth-order valence-corrected chi connectivity index (χ4v) is 1.07. The van der Waals surface area contributed by atoms with Crippen LogP contribution in [0.4, 0.5) is 0 Å². The number of allylic oxidation sites excluding steroid dienone is 1. The first-order valence-electron chi connectivity index (χ1n) is 4.06. The molecule has 0 aromatic rings. The Morgan fingerprint density at radius 2 is 2.10 bits per heavy atom. The largest absolute Gasteiger partial charge is 0.392 e. The molecule has 0 rings (SSSR count). The molecule has 1 nitrogen and oxygen atoms in total. The molecular weight excluding hydrogens is 124 g/mol. The van der Waals surface area contributed by atoms with Crippen molar-refractivity contribution in [1.82, 2.24) is 0 Å². The van der Waals surface area contributed by atoms with E-state index < -0.39 is 0 Å². The summed E-state index contributed by atoms with van der Waals surface area (Å²) in [7, 11) is 0. The molecule has 1 atom stereocenters. The third-order valence-corrected chi connectivity index (χ3v) is 2.01. The van der Waals surface area contributed by atoms with Crippen LogP contribution in [0.3, 0.4) is 0 Å². The fraction of sp³-hybridized carbons (Fsp3) is 0.778. The molecule has 1 heteroatoms. The van der Waals surface area contributed by atoms with E-state index in [1.807, 2.05) is 6.08 Å². The van der Waals surface area contributed by atoms with Gasteiger partial charge in [-0.05, 0) is 18.8 Å². The van der Waals surface area contributed by atoms with Gasteiger partial charge in [-0.15, -0.1) is 0 Å². The van der Waals surface area contributed by atoms with E-state index in [0.717, 1.165) is 6.42 Å². The SMILES string of the molecule is CC/C(=C\CO)C(C)CC. The lowest BCUT2D eigenvalue weighted by atomic mass is 9.96. The Bertz CT molecular complexity index is 105. The lowest BCUT2D eigenvalue weighted by Gasteiger charge is -2.10. The summed E-state index contributed by atoms with van der Waals surface area (Å²) in [4.78, 5) is 0. The summed E-state index contributed by atoms with van der Waals surface area (Å²) in [5.74, 6) is 0.636. The standard InChI is InChI=1S/C9H18O/c1-4-8(3)9(5-2)6-7-10/h6,8,10H,4-5,7H2,1-3H3/b9-6+. The molecule has 0 aromatic carbocycles. The minimum atomic E-state index is 0.188. The number of aliphatic hydroxyl groups is 1. The third kappa shape index (κ3) is 3.02. The molecule has 0 fully saturated rings. The van der Waals surface area contributed by atoms with Gasteiger partial charge in [-0.1, -0.05) is 32.4 Å². The minimum Gasteiger partial charge on any atom is -0.392 e. The first-order chi connectivity index (χ1) is 4.76. The van der Waals surface area contributed by atoms with E-state index in [-0.39, 0.29) is 6.61 Å². The van der Waals surface area contributed by atoms with E-state index in [9.17, 15) is 0 Å². The van der Waals surface area contributed by atoms with Gasteiger partial charge in [-0.25, -0.2) is 0 Å². The van der Waals surface area contributed by atoms with E-state index >= 15 is 0 Å². The Kier molecular flexibility index (Phi) is 5.32. The maximum absolute atomic E-state index is 8.64. The van der Waals surface area contributed by atoms with Crippen molar-refractivity contribution >= 4 is 0 Å². The van der Waals surface area contributed by atoms with E-state index in [1.54, 1.807) is 0 Å². The molecule has 0 aromatic heterocycles. The molecule has 0 saturated carbocycles. The van der Waals surface area contributed by atoms with Crippen molar-refractivity contribution in [2.75, 3.05) is 6.61 Å². The molecule has 0 aliphatic carbocycles. The Morgan fingerprint density at radius 3 is 2.40 bits per heavy atom. The number of hydrogen-bond acceptors (Lipinski definition) is 1. The summed E-state index contributed by atoms with van der Waals surface area (Å²) in [5, 5.41) is 8.64. The highest BCUT2D eigenvalue weighted by Gasteiger charge is 2.02. The number of rotatable bonds is 4. The lowest BCUT2D eigenvalue weighted by Crippen LogP contribution is -1.97. The van der Waals surface area contributed by atoms with Crippen molar-refractivity contribution in [3.63, 3.8) is 0 Å². The molecule has 0 heterocycles. The molecule has 60 valence electrons. The molecule has 0 aliphatic heterocycles. The maximum Gasteiger partial charge on any atom is 0.0615 e. The predicted molar refractivity (Wildman–Crippen MR) is 44.9 cm³/mol. The van der Waals surface area contributed by atoms with Crippen molar-refractivity contribution in [3.05, 3.63) is 11.6 Å². The van der Waals surface area contributed by atoms with E-state index in [0.29, 0.717) is 5.92 Å². The van der Waals surface area contributed by atoms with Gasteiger partial charge < -0.3 is 5.11 Å². The average Bonchev–Trinajstić information content (AvgIpc) is 1.99. The predicted octanol–water partition coefficient (Wildman–Crippen LogP) is 2.36. The summed E-state index contributed by atoms with van der Waals surface area (Å²) >= 11 is 0. The molecule has 0 aliphatic rings. The minimum absolute atomic E-state index is 0.188. The van der Waals surface area contributed by atoms with E-state index in [4.69, 9.17) is 5.11 Å². The van der Waals surface area contributed by atoms with Crippen LogP contribution in [0.25, 0.3) is 0 Å². The molecule has 1 unspecified atom stereocenters. The van der Waals surface area contributed by atoms with Gasteiger partial charge in [0.2, 0.25) is 0 Å². The Morgan fingerprint density at radius 1 is 1.50 bits per heavy atom. The average molecular weight is 142 g/mol. The summed E-state index contributed by atoms with van der Waals surface area (Å²) in [6.45, 7) is 6.69. The number of aliphatic hydroxyl groups excluding tert-OH is 1. The van der Waals surface area contributed by atoms with Gasteiger partial charge in [-0.2, -0.15) is 0 Å². The second kappa shape index (κ2) is 5.48. The molecular formula is C9H18O. The van der Waals surface area contributed by atoms with Crippen LogP contribution in [0, 0.1) is 5.92 Å². The molecule has 10 heavy (non-hydrogen) atoms. The van der Waals surface area contributed by atoms with Crippen LogP contribution >= 0.6 is 0 Å². The van der Waals surface area contributed by atoms with Crippen molar-refractivity contribution in [2.45, 2.75) is 33.6 Å². The molecule has 0 saturated heterocycles. The van der Waals surface area contributed by atoms with Gasteiger partial charge in [0.1, 0.15) is 0 Å². The second-order valence-electron chi connectivity index (χ2n) is 2.62. The number of hydrogen-bond donors (Lipinski definition) is 1. The first-order valence-corrected chi connectivity index (χ1v) is 4.06. The highest BCUT2D eigenvalue weighted by atomic mass is 16.2. The molecule has 1 N–H and O–H groups in total. The zero-order chi connectivity index (χ0) is 7.98. The molecule has 0 bridgehead atoms. The smallest absolute Gasteiger partial charge is 0.0615 e. The van der Waals surface area contributed by atoms with Crippen LogP contribution in [-0.4, -0.2) is 11.7 Å². The van der Waals surface area contributed by atoms with Crippen LogP contribution < -0.4 is 0 Å². The summed E-state index contributed by atoms with van der Waals surface area (Å²) in [5.41, 5.74) is 1.38. The van der Waals surface area contributed by atoms with Crippen LogP contribution in [0.5, 0.6) is 0 Å². The van der Waals surface area contributed by atoms with Crippen molar-refractivity contribution in [3.8, 4) is 0 Å². The van der Waals surface area contributed by atoms with Crippen LogP contribution in [0.1, 0.15) is 33.6 Å². The van der Waals surface area contributed by atoms with Gasteiger partial charge in [0.15, 0.2) is 0 Å². The van der Waals surface area contributed by atoms with E-state index in [1.165, 1.54) is 12.0 Å². The van der Waals surface area contributed by atoms with Crippen LogP contribution in [-0.2, 0) is 0 Å². The van der Waals surface area contributed by atoms with Gasteiger partial charge in [0, 0.05) is 0 Å². The monoisotopic (exact) mass is 142 g/mol. The van der Waals surface area contributed by atoms with Crippen LogP contribution in [0.2, 0.25) is 0 Å². The van der Waals surface area contributed by atoms with Gasteiger partial charge in [0.05, 0.1) is 6.61 Å². The summed E-state index contributed by atoms with van der Waals surface area (Å²) in [6.07, 6.45) is 4.16. The van der Waals surface area contributed by atoms with Crippen molar-refractivity contribution in [2.24, 2.45) is 5.92 Å². The van der Waals surface area contributed by atoms with Crippen molar-refractivity contribution in [1.29, 1.82) is 0 Å². The van der Waals surface area contributed by atoms with Gasteiger partial charge >= 0.3 is 0 Å². The Labute approximate surface area is 63.8 Å². The second-order valence-corrected chi connectivity index (χ2v) is 2.62. The maximum atomic E-state index is 8.64. The topological polar surface area (TPSA) is 20.2 Å². The lowest BCUT2D eigenvalue weighted by molar-refractivity contribution is 0.340. The van der Waals surface area contributed by atoms with Gasteiger partial charge in [-0.3, -0.25) is 0 Å². The Hall–Kier alpha value is -0.300. The third-order valence-electron chi connectivity index (χ3n) is 2.01. The van der Waals surface area contributed by atoms with Crippen LogP contribution in [0.15, 0.2) is 11.6 Å². The normalized spacial score (nSPS) is 15.4. The Balaban J connectivity index is 3.92. The summed E-state index contributed by atoms with van der Waals surface area (Å²) < 4.78 is 0. The molecule has 0 amide bonds. The highest BCUT2D eigenvalue weighted by Crippen LogP contribution is 2.16. The van der Waals surface area contributed by atoms with Crippen molar-refractivity contribution < 1.29 is 5.11 Å². The fourth-order valence-electron chi connectivity index (χ4n) is 1.07. The summed E-state index contributed by atoms with van der Waals surface area (Å²) in [6, 6.07) is 0.